The smallest absolute Gasteiger partial charge is 0.224 e. The lowest BCUT2D eigenvalue weighted by molar-refractivity contribution is 0.139. The number of hydrogen-bond acceptors (Lipinski definition) is 6. The molecule has 7 nitrogen and oxygen atoms in total. The number of nitrogens with two attached hydrogens (primary N) is 1. The number of aromatic nitrogens is 4. The lowest BCUT2D eigenvalue weighted by Gasteiger charge is -2.40. The molecule has 7 heteroatoms. The molecular formula is C13H18N6O. The highest BCUT2D eigenvalue weighted by atomic mass is 16.5. The number of imidazole rings is 1. The molecule has 1 atom stereocenters. The van der Waals surface area contributed by atoms with Gasteiger partial charge in [0.15, 0.2) is 11.5 Å². The molecule has 106 valence electrons. The zero-order chi connectivity index (χ0) is 13.6. The standard InChI is InChI=1S/C13H18N6O/c14-12-17-10-9(15-8-16-10)11(18-12)19-4-1-2-13(6-19)3-5-20-7-13/h8H,1-7H2,(H3,14,15,16,17,18)/t13-/m0/s1. The monoisotopic (exact) mass is 274 g/mol. The Morgan fingerprint density at radius 3 is 3.15 bits per heavy atom. The highest BCUT2D eigenvalue weighted by Crippen LogP contribution is 2.39. The topological polar surface area (TPSA) is 92.9 Å². The summed E-state index contributed by atoms with van der Waals surface area (Å²) in [5, 5.41) is 0. The van der Waals surface area contributed by atoms with E-state index in [1.807, 2.05) is 0 Å². The summed E-state index contributed by atoms with van der Waals surface area (Å²) in [4.78, 5) is 18.2. The van der Waals surface area contributed by atoms with Crippen LogP contribution in [0.2, 0.25) is 0 Å². The molecule has 0 aromatic carbocycles. The van der Waals surface area contributed by atoms with Crippen LogP contribution in [0, 0.1) is 5.41 Å². The summed E-state index contributed by atoms with van der Waals surface area (Å²) in [6.07, 6.45) is 5.16. The second-order valence-corrected chi connectivity index (χ2v) is 5.83. The zero-order valence-electron chi connectivity index (χ0n) is 11.3. The summed E-state index contributed by atoms with van der Waals surface area (Å²) in [5.74, 6) is 1.15. The molecule has 0 bridgehead atoms. The first-order valence-electron chi connectivity index (χ1n) is 7.05. The number of nitrogens with zero attached hydrogens (tertiary/aromatic N) is 4. The molecule has 2 fully saturated rings. The van der Waals surface area contributed by atoms with Crippen molar-refractivity contribution in [3.63, 3.8) is 0 Å². The third-order valence-corrected chi connectivity index (χ3v) is 4.43. The third kappa shape index (κ3) is 1.81. The van der Waals surface area contributed by atoms with E-state index in [0.717, 1.165) is 50.5 Å². The van der Waals surface area contributed by atoms with Gasteiger partial charge in [-0.05, 0) is 19.3 Å². The largest absolute Gasteiger partial charge is 0.381 e. The SMILES string of the molecule is Nc1nc(N2CCC[C@]3(CCOC3)C2)c2[nH]cnc2n1. The van der Waals surface area contributed by atoms with Gasteiger partial charge in [-0.3, -0.25) is 0 Å². The first-order valence-corrected chi connectivity index (χ1v) is 7.05. The summed E-state index contributed by atoms with van der Waals surface area (Å²) in [7, 11) is 0. The quantitative estimate of drug-likeness (QED) is 0.804. The number of hydrogen-bond donors (Lipinski definition) is 2. The van der Waals surface area contributed by atoms with Gasteiger partial charge in [-0.25, -0.2) is 4.98 Å². The van der Waals surface area contributed by atoms with Crippen molar-refractivity contribution in [2.45, 2.75) is 19.3 Å². The molecule has 0 radical (unpaired) electrons. The average Bonchev–Trinajstić information content (AvgIpc) is 3.07. The maximum atomic E-state index is 5.81. The number of piperidine rings is 1. The van der Waals surface area contributed by atoms with Gasteiger partial charge in [0, 0.05) is 25.1 Å². The predicted octanol–water partition coefficient (Wildman–Crippen LogP) is 0.942. The van der Waals surface area contributed by atoms with E-state index in [1.54, 1.807) is 6.33 Å². The first-order chi connectivity index (χ1) is 9.76. The van der Waals surface area contributed by atoms with Crippen molar-refractivity contribution < 1.29 is 4.74 Å². The van der Waals surface area contributed by atoms with Gasteiger partial charge < -0.3 is 20.4 Å². The van der Waals surface area contributed by atoms with Crippen molar-refractivity contribution in [3.05, 3.63) is 6.33 Å². The molecule has 0 aliphatic carbocycles. The fraction of sp³-hybridized carbons (Fsp3) is 0.615. The minimum atomic E-state index is 0.280. The van der Waals surface area contributed by atoms with Crippen LogP contribution in [0.1, 0.15) is 19.3 Å². The highest BCUT2D eigenvalue weighted by molar-refractivity contribution is 5.84. The Bertz CT molecular complexity index is 633. The summed E-state index contributed by atoms with van der Waals surface area (Å²) in [6.45, 7) is 3.69. The van der Waals surface area contributed by atoms with E-state index in [-0.39, 0.29) is 11.4 Å². The lowest BCUT2D eigenvalue weighted by Crippen LogP contribution is -2.44. The van der Waals surface area contributed by atoms with Crippen LogP contribution in [0.15, 0.2) is 6.33 Å². The molecule has 1 spiro atoms. The number of ether oxygens (including phenoxy) is 1. The van der Waals surface area contributed by atoms with E-state index >= 15 is 0 Å². The molecule has 20 heavy (non-hydrogen) atoms. The Morgan fingerprint density at radius 2 is 2.30 bits per heavy atom. The average molecular weight is 274 g/mol. The lowest BCUT2D eigenvalue weighted by atomic mass is 9.79. The van der Waals surface area contributed by atoms with Crippen LogP contribution in [0.4, 0.5) is 11.8 Å². The minimum absolute atomic E-state index is 0.280. The summed E-state index contributed by atoms with van der Waals surface area (Å²) < 4.78 is 5.61. The second-order valence-electron chi connectivity index (χ2n) is 5.83. The van der Waals surface area contributed by atoms with Crippen molar-refractivity contribution >= 4 is 22.9 Å². The molecule has 2 aliphatic rings. The van der Waals surface area contributed by atoms with Crippen LogP contribution in [0.25, 0.3) is 11.2 Å². The van der Waals surface area contributed by atoms with Gasteiger partial charge in [0.05, 0.1) is 12.9 Å². The number of rotatable bonds is 1. The van der Waals surface area contributed by atoms with Crippen LogP contribution >= 0.6 is 0 Å². The Kier molecular flexibility index (Phi) is 2.56. The Labute approximate surface area is 116 Å². The molecule has 2 aromatic rings. The molecule has 2 aromatic heterocycles. The highest BCUT2D eigenvalue weighted by Gasteiger charge is 2.39. The van der Waals surface area contributed by atoms with Gasteiger partial charge in [-0.1, -0.05) is 0 Å². The number of fused-ring (bicyclic) bond motifs is 1. The van der Waals surface area contributed by atoms with Crippen LogP contribution in [-0.2, 0) is 4.74 Å². The van der Waals surface area contributed by atoms with E-state index < -0.39 is 0 Å². The normalized spacial score (nSPS) is 26.7. The maximum Gasteiger partial charge on any atom is 0.224 e. The summed E-state index contributed by atoms with van der Waals surface area (Å²) in [5.41, 5.74) is 7.59. The van der Waals surface area contributed by atoms with Crippen molar-refractivity contribution in [2.75, 3.05) is 36.9 Å². The minimum Gasteiger partial charge on any atom is -0.381 e. The van der Waals surface area contributed by atoms with Crippen molar-refractivity contribution in [1.82, 2.24) is 19.9 Å². The molecule has 0 amide bonds. The van der Waals surface area contributed by atoms with Crippen LogP contribution in [0.5, 0.6) is 0 Å². The Morgan fingerprint density at radius 1 is 1.35 bits per heavy atom. The van der Waals surface area contributed by atoms with Crippen molar-refractivity contribution in [2.24, 2.45) is 5.41 Å². The van der Waals surface area contributed by atoms with Gasteiger partial charge >= 0.3 is 0 Å². The van der Waals surface area contributed by atoms with Crippen molar-refractivity contribution in [1.29, 1.82) is 0 Å². The molecule has 4 heterocycles. The van der Waals surface area contributed by atoms with Crippen LogP contribution < -0.4 is 10.6 Å². The first kappa shape index (κ1) is 11.9. The molecule has 0 saturated carbocycles. The van der Waals surface area contributed by atoms with E-state index in [9.17, 15) is 0 Å². The van der Waals surface area contributed by atoms with Gasteiger partial charge in [-0.15, -0.1) is 0 Å². The zero-order valence-corrected chi connectivity index (χ0v) is 11.3. The van der Waals surface area contributed by atoms with Crippen molar-refractivity contribution in [3.8, 4) is 0 Å². The molecular weight excluding hydrogens is 256 g/mol. The molecule has 0 unspecified atom stereocenters. The number of H-pyrrole nitrogens is 1. The van der Waals surface area contributed by atoms with Crippen LogP contribution in [-0.4, -0.2) is 46.2 Å². The Balaban J connectivity index is 1.73. The molecule has 2 saturated heterocycles. The Hall–Kier alpha value is -1.89. The molecule has 4 rings (SSSR count). The van der Waals surface area contributed by atoms with E-state index in [1.165, 1.54) is 6.42 Å². The fourth-order valence-corrected chi connectivity index (χ4v) is 3.42. The summed E-state index contributed by atoms with van der Waals surface area (Å²) >= 11 is 0. The van der Waals surface area contributed by atoms with Crippen LogP contribution in [0.3, 0.4) is 0 Å². The fourth-order valence-electron chi connectivity index (χ4n) is 3.42. The molecule has 3 N–H and O–H groups in total. The maximum absolute atomic E-state index is 5.81. The van der Waals surface area contributed by atoms with Gasteiger partial charge in [0.25, 0.3) is 0 Å². The van der Waals surface area contributed by atoms with Gasteiger partial charge in [0.1, 0.15) is 5.52 Å². The number of nitrogens with one attached hydrogen (secondary N) is 1. The van der Waals surface area contributed by atoms with Gasteiger partial charge in [0.2, 0.25) is 5.95 Å². The van der Waals surface area contributed by atoms with E-state index in [2.05, 4.69) is 24.8 Å². The third-order valence-electron chi connectivity index (χ3n) is 4.43. The second kappa shape index (κ2) is 4.31. The molecule has 2 aliphatic heterocycles. The number of nitrogen functional groups attached to an aromatic ring is 1. The predicted molar refractivity (Wildman–Crippen MR) is 75.4 cm³/mol. The summed E-state index contributed by atoms with van der Waals surface area (Å²) in [6, 6.07) is 0. The number of aromatic amines is 1. The van der Waals surface area contributed by atoms with Gasteiger partial charge in [-0.2, -0.15) is 9.97 Å². The van der Waals surface area contributed by atoms with E-state index in [0.29, 0.717) is 5.65 Å². The number of anilines is 2. The van der Waals surface area contributed by atoms with E-state index in [4.69, 9.17) is 10.5 Å².